The molecule has 2 rings (SSSR count). The van der Waals surface area contributed by atoms with Gasteiger partial charge in [0.1, 0.15) is 0 Å². The number of carbonyl (C=O) groups excluding carboxylic acids is 1. The predicted molar refractivity (Wildman–Crippen MR) is 87.4 cm³/mol. The Bertz CT molecular complexity index is 313. The first-order valence-electron chi connectivity index (χ1n) is 8.94. The van der Waals surface area contributed by atoms with E-state index >= 15 is 0 Å². The Kier molecular flexibility index (Phi) is 6.97. The van der Waals surface area contributed by atoms with Crippen LogP contribution in [0.2, 0.25) is 0 Å². The first-order chi connectivity index (χ1) is 10.2. The number of nitrogens with zero attached hydrogens (tertiary/aromatic N) is 2. The Balaban J connectivity index is 1.79. The molecule has 1 amide bonds. The molecule has 2 unspecified atom stereocenters. The van der Waals surface area contributed by atoms with Gasteiger partial charge in [-0.3, -0.25) is 9.69 Å². The van der Waals surface area contributed by atoms with Crippen molar-refractivity contribution in [1.29, 1.82) is 0 Å². The van der Waals surface area contributed by atoms with Crippen LogP contribution in [0.25, 0.3) is 0 Å². The molecule has 0 aromatic carbocycles. The van der Waals surface area contributed by atoms with Gasteiger partial charge in [-0.15, -0.1) is 0 Å². The van der Waals surface area contributed by atoms with Gasteiger partial charge >= 0.3 is 0 Å². The Hall–Kier alpha value is -0.610. The third-order valence-corrected chi connectivity index (χ3v) is 5.09. The summed E-state index contributed by atoms with van der Waals surface area (Å²) < 4.78 is 0. The van der Waals surface area contributed by atoms with E-state index in [4.69, 9.17) is 0 Å². The lowest BCUT2D eigenvalue weighted by atomic mass is 9.91. The fourth-order valence-electron chi connectivity index (χ4n) is 3.74. The second-order valence-corrected chi connectivity index (χ2v) is 6.78. The van der Waals surface area contributed by atoms with Gasteiger partial charge in [0.2, 0.25) is 5.91 Å². The molecule has 2 fully saturated rings. The smallest absolute Gasteiger partial charge is 0.236 e. The van der Waals surface area contributed by atoms with Crippen molar-refractivity contribution in [2.75, 3.05) is 39.3 Å². The van der Waals surface area contributed by atoms with Crippen LogP contribution in [0.15, 0.2) is 0 Å². The van der Waals surface area contributed by atoms with E-state index in [1.165, 1.54) is 38.5 Å². The molecule has 2 saturated heterocycles. The monoisotopic (exact) mass is 295 g/mol. The van der Waals surface area contributed by atoms with Crippen molar-refractivity contribution >= 4 is 5.91 Å². The highest BCUT2D eigenvalue weighted by atomic mass is 16.2. The number of piperidine rings is 1. The second kappa shape index (κ2) is 8.74. The molecule has 0 bridgehead atoms. The van der Waals surface area contributed by atoms with E-state index in [2.05, 4.69) is 29.0 Å². The summed E-state index contributed by atoms with van der Waals surface area (Å²) in [6.45, 7) is 10.2. The standard InChI is InChI=1S/C17H33N3O/c1-3-18-15(2)16-9-8-10-19(13-16)14-17(21)20-11-6-4-5-7-12-20/h15-16,18H,3-14H2,1-2H3. The highest BCUT2D eigenvalue weighted by molar-refractivity contribution is 5.78. The maximum absolute atomic E-state index is 12.5. The van der Waals surface area contributed by atoms with Crippen LogP contribution >= 0.6 is 0 Å². The minimum Gasteiger partial charge on any atom is -0.342 e. The van der Waals surface area contributed by atoms with Crippen molar-refractivity contribution in [2.45, 2.75) is 58.4 Å². The second-order valence-electron chi connectivity index (χ2n) is 6.78. The maximum Gasteiger partial charge on any atom is 0.236 e. The molecule has 4 heteroatoms. The van der Waals surface area contributed by atoms with E-state index in [1.54, 1.807) is 0 Å². The fourth-order valence-corrected chi connectivity index (χ4v) is 3.74. The lowest BCUT2D eigenvalue weighted by Crippen LogP contribution is -2.48. The molecule has 2 aliphatic rings. The van der Waals surface area contributed by atoms with Gasteiger partial charge in [0.25, 0.3) is 0 Å². The normalized spacial score (nSPS) is 26.4. The number of hydrogen-bond acceptors (Lipinski definition) is 3. The van der Waals surface area contributed by atoms with E-state index in [-0.39, 0.29) is 0 Å². The average molecular weight is 295 g/mol. The zero-order valence-electron chi connectivity index (χ0n) is 13.9. The van der Waals surface area contributed by atoms with Crippen molar-refractivity contribution in [1.82, 2.24) is 15.1 Å². The highest BCUT2D eigenvalue weighted by Gasteiger charge is 2.26. The summed E-state index contributed by atoms with van der Waals surface area (Å²) in [5.74, 6) is 1.05. The van der Waals surface area contributed by atoms with Gasteiger partial charge in [-0.05, 0) is 51.6 Å². The molecule has 21 heavy (non-hydrogen) atoms. The van der Waals surface area contributed by atoms with Crippen LogP contribution in [-0.4, -0.2) is 61.0 Å². The zero-order valence-corrected chi connectivity index (χ0v) is 13.9. The summed E-state index contributed by atoms with van der Waals surface area (Å²) >= 11 is 0. The van der Waals surface area contributed by atoms with E-state index in [0.29, 0.717) is 24.4 Å². The molecule has 122 valence electrons. The van der Waals surface area contributed by atoms with Crippen molar-refractivity contribution in [3.63, 3.8) is 0 Å². The lowest BCUT2D eigenvalue weighted by Gasteiger charge is -2.36. The number of rotatable bonds is 5. The summed E-state index contributed by atoms with van der Waals surface area (Å²) in [7, 11) is 0. The average Bonchev–Trinajstić information content (AvgIpc) is 2.77. The first kappa shape index (κ1) is 16.8. The van der Waals surface area contributed by atoms with Crippen molar-refractivity contribution in [2.24, 2.45) is 5.92 Å². The van der Waals surface area contributed by atoms with Crippen LogP contribution < -0.4 is 5.32 Å². The van der Waals surface area contributed by atoms with E-state index in [0.717, 1.165) is 32.7 Å². The molecule has 0 radical (unpaired) electrons. The van der Waals surface area contributed by atoms with E-state index in [9.17, 15) is 4.79 Å². The fraction of sp³-hybridized carbons (Fsp3) is 0.941. The Morgan fingerprint density at radius 1 is 1.14 bits per heavy atom. The van der Waals surface area contributed by atoms with E-state index in [1.807, 2.05) is 0 Å². The van der Waals surface area contributed by atoms with Crippen LogP contribution in [0, 0.1) is 5.92 Å². The summed E-state index contributed by atoms with van der Waals surface area (Å²) in [6, 6.07) is 0.561. The number of likely N-dealkylation sites (tertiary alicyclic amines) is 2. The molecule has 2 aliphatic heterocycles. The predicted octanol–water partition coefficient (Wildman–Crippen LogP) is 2.10. The van der Waals surface area contributed by atoms with Gasteiger partial charge in [-0.25, -0.2) is 0 Å². The van der Waals surface area contributed by atoms with Gasteiger partial charge in [0.15, 0.2) is 0 Å². The maximum atomic E-state index is 12.5. The van der Waals surface area contributed by atoms with Crippen LogP contribution in [0.1, 0.15) is 52.4 Å². The zero-order chi connectivity index (χ0) is 15.1. The van der Waals surface area contributed by atoms with Gasteiger partial charge in [-0.2, -0.15) is 0 Å². The van der Waals surface area contributed by atoms with E-state index < -0.39 is 0 Å². The van der Waals surface area contributed by atoms with Crippen LogP contribution in [-0.2, 0) is 4.79 Å². The molecule has 4 nitrogen and oxygen atoms in total. The Morgan fingerprint density at radius 3 is 2.52 bits per heavy atom. The van der Waals surface area contributed by atoms with Gasteiger partial charge in [-0.1, -0.05) is 19.8 Å². The summed E-state index contributed by atoms with van der Waals surface area (Å²) in [4.78, 5) is 17.0. The summed E-state index contributed by atoms with van der Waals surface area (Å²) in [5.41, 5.74) is 0. The molecule has 0 aromatic heterocycles. The molecule has 0 saturated carbocycles. The van der Waals surface area contributed by atoms with Crippen molar-refractivity contribution in [3.05, 3.63) is 0 Å². The molecule has 2 heterocycles. The molecular weight excluding hydrogens is 262 g/mol. The van der Waals surface area contributed by atoms with Crippen molar-refractivity contribution in [3.8, 4) is 0 Å². The molecular formula is C17H33N3O. The van der Waals surface area contributed by atoms with Gasteiger partial charge < -0.3 is 10.2 Å². The SMILES string of the molecule is CCNC(C)C1CCCN(CC(=O)N2CCCCCC2)C1. The highest BCUT2D eigenvalue weighted by Crippen LogP contribution is 2.20. The molecule has 1 N–H and O–H groups in total. The molecule has 0 spiro atoms. The number of carbonyl (C=O) groups is 1. The summed E-state index contributed by atoms with van der Waals surface area (Å²) in [5, 5.41) is 3.54. The minimum absolute atomic E-state index is 0.355. The number of amides is 1. The third-order valence-electron chi connectivity index (χ3n) is 5.09. The molecule has 0 aromatic rings. The minimum atomic E-state index is 0.355. The topological polar surface area (TPSA) is 35.6 Å². The largest absolute Gasteiger partial charge is 0.342 e. The van der Waals surface area contributed by atoms with Crippen LogP contribution in [0.5, 0.6) is 0 Å². The lowest BCUT2D eigenvalue weighted by molar-refractivity contribution is -0.132. The van der Waals surface area contributed by atoms with Crippen LogP contribution in [0.4, 0.5) is 0 Å². The van der Waals surface area contributed by atoms with Crippen molar-refractivity contribution < 1.29 is 4.79 Å². The van der Waals surface area contributed by atoms with Gasteiger partial charge in [0.05, 0.1) is 6.54 Å². The third kappa shape index (κ3) is 5.26. The summed E-state index contributed by atoms with van der Waals surface area (Å²) in [6.07, 6.45) is 7.47. The molecule has 2 atom stereocenters. The molecule has 0 aliphatic carbocycles. The van der Waals surface area contributed by atoms with Gasteiger partial charge in [0, 0.05) is 25.7 Å². The first-order valence-corrected chi connectivity index (χ1v) is 8.94. The Labute approximate surface area is 130 Å². The quantitative estimate of drug-likeness (QED) is 0.844. The number of hydrogen-bond donors (Lipinski definition) is 1. The number of nitrogens with one attached hydrogen (secondary N) is 1. The Morgan fingerprint density at radius 2 is 1.86 bits per heavy atom. The van der Waals surface area contributed by atoms with Crippen LogP contribution in [0.3, 0.4) is 0 Å².